The van der Waals surface area contributed by atoms with Crippen molar-refractivity contribution in [2.45, 2.75) is 32.2 Å². The molecular weight excluding hydrogens is 391 g/mol. The number of likely N-dealkylation sites (tertiary alicyclic amines) is 1. The molecule has 6 heteroatoms. The highest BCUT2D eigenvalue weighted by Gasteiger charge is 2.20. The van der Waals surface area contributed by atoms with Crippen LogP contribution < -0.4 is 15.8 Å². The molecule has 0 radical (unpaired) electrons. The molecule has 1 unspecified atom stereocenters. The van der Waals surface area contributed by atoms with Gasteiger partial charge in [-0.15, -0.1) is 24.0 Å². The first-order valence-electron chi connectivity index (χ1n) is 7.68. The van der Waals surface area contributed by atoms with E-state index in [4.69, 9.17) is 10.5 Å². The van der Waals surface area contributed by atoms with Crippen LogP contribution in [0.15, 0.2) is 29.3 Å². The summed E-state index contributed by atoms with van der Waals surface area (Å²) in [7, 11) is 1.65. The van der Waals surface area contributed by atoms with Crippen LogP contribution in [0.1, 0.15) is 26.2 Å². The highest BCUT2D eigenvalue weighted by molar-refractivity contribution is 14.0. The Labute approximate surface area is 150 Å². The van der Waals surface area contributed by atoms with Crippen LogP contribution in [0.4, 0.5) is 5.69 Å². The van der Waals surface area contributed by atoms with Crippen LogP contribution in [0.2, 0.25) is 0 Å². The third-order valence-electron chi connectivity index (χ3n) is 3.97. The number of nitrogens with zero attached hydrogens (tertiary/aromatic N) is 2. The van der Waals surface area contributed by atoms with Gasteiger partial charge in [-0.1, -0.05) is 19.4 Å². The smallest absolute Gasteiger partial charge is 0.193 e. The quantitative estimate of drug-likeness (QED) is 0.439. The van der Waals surface area contributed by atoms with E-state index in [9.17, 15) is 0 Å². The molecule has 1 aromatic rings. The van der Waals surface area contributed by atoms with Gasteiger partial charge in [-0.2, -0.15) is 0 Å². The number of ether oxygens (including phenoxy) is 1. The molecule has 0 saturated carbocycles. The first-order valence-corrected chi connectivity index (χ1v) is 7.68. The number of guanidine groups is 1. The number of hydrogen-bond donors (Lipinski definition) is 2. The van der Waals surface area contributed by atoms with Crippen LogP contribution in [-0.4, -0.2) is 43.6 Å². The second-order valence-corrected chi connectivity index (χ2v) is 5.36. The van der Waals surface area contributed by atoms with Crippen LogP contribution in [-0.2, 0) is 0 Å². The van der Waals surface area contributed by atoms with E-state index in [1.165, 1.54) is 25.8 Å². The van der Waals surface area contributed by atoms with E-state index in [-0.39, 0.29) is 24.0 Å². The molecule has 22 heavy (non-hydrogen) atoms. The first kappa shape index (κ1) is 19.0. The zero-order valence-electron chi connectivity index (χ0n) is 13.4. The SMILES string of the molecule is CCN1CCCCC1CN=C(N)Nc1cccc(OC)c1.I. The summed E-state index contributed by atoms with van der Waals surface area (Å²) in [5.41, 5.74) is 6.88. The number of piperidine rings is 1. The number of halogens is 1. The van der Waals surface area contributed by atoms with Gasteiger partial charge in [-0.25, -0.2) is 0 Å². The number of methoxy groups -OCH3 is 1. The minimum Gasteiger partial charge on any atom is -0.497 e. The summed E-state index contributed by atoms with van der Waals surface area (Å²) in [5.74, 6) is 1.27. The number of anilines is 1. The van der Waals surface area contributed by atoms with Gasteiger partial charge < -0.3 is 15.8 Å². The van der Waals surface area contributed by atoms with Crippen molar-refractivity contribution >= 4 is 35.6 Å². The van der Waals surface area contributed by atoms with Gasteiger partial charge in [0.2, 0.25) is 0 Å². The predicted octanol–water partition coefficient (Wildman–Crippen LogP) is 2.91. The maximum absolute atomic E-state index is 5.98. The average molecular weight is 418 g/mol. The maximum atomic E-state index is 5.98. The summed E-state index contributed by atoms with van der Waals surface area (Å²) < 4.78 is 5.19. The fourth-order valence-corrected chi connectivity index (χ4v) is 2.78. The lowest BCUT2D eigenvalue weighted by molar-refractivity contribution is 0.161. The Kier molecular flexibility index (Phi) is 8.55. The van der Waals surface area contributed by atoms with E-state index in [2.05, 4.69) is 22.1 Å². The Morgan fingerprint density at radius 3 is 3.00 bits per heavy atom. The zero-order valence-corrected chi connectivity index (χ0v) is 15.7. The van der Waals surface area contributed by atoms with Crippen molar-refractivity contribution in [2.24, 2.45) is 10.7 Å². The van der Waals surface area contributed by atoms with Gasteiger partial charge in [0.05, 0.1) is 13.7 Å². The number of hydrogen-bond acceptors (Lipinski definition) is 3. The molecule has 1 atom stereocenters. The Morgan fingerprint density at radius 1 is 1.45 bits per heavy atom. The third kappa shape index (κ3) is 5.64. The predicted molar refractivity (Wildman–Crippen MR) is 103 cm³/mol. The Morgan fingerprint density at radius 2 is 2.27 bits per heavy atom. The van der Waals surface area contributed by atoms with Crippen molar-refractivity contribution in [2.75, 3.05) is 32.1 Å². The van der Waals surface area contributed by atoms with Crippen molar-refractivity contribution in [3.05, 3.63) is 24.3 Å². The summed E-state index contributed by atoms with van der Waals surface area (Å²) in [5, 5.41) is 3.12. The summed E-state index contributed by atoms with van der Waals surface area (Å²) in [4.78, 5) is 6.99. The van der Waals surface area contributed by atoms with E-state index < -0.39 is 0 Å². The fraction of sp³-hybridized carbons (Fsp3) is 0.562. The standard InChI is InChI=1S/C16H26N4O.HI/c1-3-20-10-5-4-8-14(20)12-18-16(17)19-13-7-6-9-15(11-13)21-2;/h6-7,9,11,14H,3-5,8,10,12H2,1-2H3,(H3,17,18,19);1H. The molecular formula is C16H27IN4O. The Balaban J connectivity index is 0.00000242. The van der Waals surface area contributed by atoms with Crippen molar-refractivity contribution in [1.82, 2.24) is 4.90 Å². The van der Waals surface area contributed by atoms with Gasteiger partial charge in [0.15, 0.2) is 5.96 Å². The first-order chi connectivity index (χ1) is 10.2. The largest absolute Gasteiger partial charge is 0.497 e. The van der Waals surface area contributed by atoms with E-state index in [1.54, 1.807) is 7.11 Å². The number of aliphatic imine (C=N–C) groups is 1. The second kappa shape index (κ2) is 9.89. The van der Waals surface area contributed by atoms with Crippen molar-refractivity contribution in [3.63, 3.8) is 0 Å². The summed E-state index contributed by atoms with van der Waals surface area (Å²) in [6, 6.07) is 8.20. The molecule has 0 spiro atoms. The summed E-state index contributed by atoms with van der Waals surface area (Å²) >= 11 is 0. The molecule has 5 nitrogen and oxygen atoms in total. The number of benzene rings is 1. The highest BCUT2D eigenvalue weighted by Crippen LogP contribution is 2.18. The highest BCUT2D eigenvalue weighted by atomic mass is 127. The normalized spacial score (nSPS) is 19.4. The van der Waals surface area contributed by atoms with Crippen molar-refractivity contribution in [1.29, 1.82) is 0 Å². The molecule has 0 bridgehead atoms. The molecule has 0 aliphatic carbocycles. The minimum absolute atomic E-state index is 0. The van der Waals surface area contributed by atoms with E-state index >= 15 is 0 Å². The van der Waals surface area contributed by atoms with Gasteiger partial charge in [-0.3, -0.25) is 9.89 Å². The van der Waals surface area contributed by atoms with E-state index in [1.807, 2.05) is 24.3 Å². The van der Waals surface area contributed by atoms with Crippen molar-refractivity contribution < 1.29 is 4.74 Å². The molecule has 1 fully saturated rings. The van der Waals surface area contributed by atoms with Gasteiger partial charge in [0.25, 0.3) is 0 Å². The van der Waals surface area contributed by atoms with Gasteiger partial charge >= 0.3 is 0 Å². The molecule has 2 rings (SSSR count). The minimum atomic E-state index is 0. The zero-order chi connectivity index (χ0) is 15.1. The van der Waals surface area contributed by atoms with Crippen LogP contribution >= 0.6 is 24.0 Å². The lowest BCUT2D eigenvalue weighted by Crippen LogP contribution is -2.41. The van der Waals surface area contributed by atoms with Crippen molar-refractivity contribution in [3.8, 4) is 5.75 Å². The molecule has 0 aromatic heterocycles. The summed E-state index contributed by atoms with van der Waals surface area (Å²) in [6.07, 6.45) is 3.80. The van der Waals surface area contributed by atoms with E-state index in [0.717, 1.165) is 24.5 Å². The van der Waals surface area contributed by atoms with Gasteiger partial charge in [0.1, 0.15) is 5.75 Å². The maximum Gasteiger partial charge on any atom is 0.193 e. The number of rotatable bonds is 5. The monoisotopic (exact) mass is 418 g/mol. The molecule has 1 aliphatic rings. The third-order valence-corrected chi connectivity index (χ3v) is 3.97. The molecule has 124 valence electrons. The Bertz CT molecular complexity index is 481. The summed E-state index contributed by atoms with van der Waals surface area (Å²) in [6.45, 7) is 5.24. The van der Waals surface area contributed by atoms with Crippen LogP contribution in [0.25, 0.3) is 0 Å². The number of likely N-dealkylation sites (N-methyl/N-ethyl adjacent to an activating group) is 1. The lowest BCUT2D eigenvalue weighted by atomic mass is 10.0. The molecule has 1 aliphatic heterocycles. The van der Waals surface area contributed by atoms with Gasteiger partial charge in [0, 0.05) is 17.8 Å². The number of nitrogens with two attached hydrogens (primary N) is 1. The number of nitrogens with one attached hydrogen (secondary N) is 1. The molecule has 1 aromatic carbocycles. The van der Waals surface area contributed by atoms with E-state index in [0.29, 0.717) is 12.0 Å². The van der Waals surface area contributed by atoms with Crippen LogP contribution in [0.5, 0.6) is 5.75 Å². The van der Waals surface area contributed by atoms with Crippen LogP contribution in [0.3, 0.4) is 0 Å². The molecule has 3 N–H and O–H groups in total. The molecule has 0 amide bonds. The lowest BCUT2D eigenvalue weighted by Gasteiger charge is -2.33. The van der Waals surface area contributed by atoms with Crippen LogP contribution in [0, 0.1) is 0 Å². The average Bonchev–Trinajstić information content (AvgIpc) is 2.53. The molecule has 1 heterocycles. The van der Waals surface area contributed by atoms with Gasteiger partial charge in [-0.05, 0) is 38.1 Å². The topological polar surface area (TPSA) is 62.9 Å². The fourth-order valence-electron chi connectivity index (χ4n) is 2.78. The molecule has 1 saturated heterocycles. The Hall–Kier alpha value is -1.02. The second-order valence-electron chi connectivity index (χ2n) is 5.36.